The minimum atomic E-state index is -0.0594. The summed E-state index contributed by atoms with van der Waals surface area (Å²) in [5, 5.41) is 10.6. The number of aromatic nitrogens is 2. The molecule has 13 rings (SSSR count). The lowest BCUT2D eigenvalue weighted by Gasteiger charge is -2.26. The van der Waals surface area contributed by atoms with Gasteiger partial charge in [-0.3, -0.25) is 0 Å². The summed E-state index contributed by atoms with van der Waals surface area (Å²) < 4.78 is 8.00. The van der Waals surface area contributed by atoms with E-state index in [9.17, 15) is 0 Å². The van der Waals surface area contributed by atoms with Crippen molar-refractivity contribution in [3.05, 3.63) is 174 Å². The molecule has 66 heavy (non-hydrogen) atoms. The molecule has 0 saturated heterocycles. The molecule has 5 aromatic heterocycles. The summed E-state index contributed by atoms with van der Waals surface area (Å²) in [6.45, 7) is 21.2. The molecular formula is C62H53N3S. The van der Waals surface area contributed by atoms with Crippen LogP contribution < -0.4 is 4.90 Å². The zero-order chi connectivity index (χ0) is 45.2. The minimum absolute atomic E-state index is 0.00784. The van der Waals surface area contributed by atoms with Gasteiger partial charge in [-0.25, -0.2) is 0 Å². The van der Waals surface area contributed by atoms with E-state index in [0.29, 0.717) is 0 Å². The van der Waals surface area contributed by atoms with E-state index in [2.05, 4.69) is 234 Å². The van der Waals surface area contributed by atoms with Crippen LogP contribution in [-0.4, -0.2) is 8.80 Å². The second-order valence-corrected chi connectivity index (χ2v) is 22.9. The van der Waals surface area contributed by atoms with Gasteiger partial charge in [0, 0.05) is 70.4 Å². The van der Waals surface area contributed by atoms with Crippen molar-refractivity contribution in [3.63, 3.8) is 0 Å². The summed E-state index contributed by atoms with van der Waals surface area (Å²) in [6, 6.07) is 59.8. The average Bonchev–Trinajstić information content (AvgIpc) is 4.09. The van der Waals surface area contributed by atoms with Crippen LogP contribution in [0.3, 0.4) is 0 Å². The number of anilines is 3. The third kappa shape index (κ3) is 5.54. The molecule has 0 aliphatic rings. The van der Waals surface area contributed by atoms with Crippen LogP contribution in [0.5, 0.6) is 0 Å². The number of thiophene rings is 1. The number of benzene rings is 8. The van der Waals surface area contributed by atoms with Crippen LogP contribution in [0.25, 0.3) is 96.7 Å². The number of fused-ring (bicyclic) bond motifs is 14. The quantitative estimate of drug-likeness (QED) is 0.172. The first kappa shape index (κ1) is 39.5. The minimum Gasteiger partial charge on any atom is -0.311 e. The fraction of sp³-hybridized carbons (Fsp3) is 0.194. The van der Waals surface area contributed by atoms with Gasteiger partial charge in [0.1, 0.15) is 0 Å². The Labute approximate surface area is 389 Å². The SMILES string of the molecule is CC(C)(C)c1cc(-c2ccc(N(c3ccccc3)c3ccccc3)cc2)c2c(c1)c1cc(C(C)(C)C)cc3c4cc5c(cc4n2c31)c1cc(C(C)(C)C)cc2c3sc4ccccc4c3n5c12. The number of hydrogen-bond acceptors (Lipinski definition) is 2. The molecule has 8 aromatic carbocycles. The Morgan fingerprint density at radius 1 is 0.364 bits per heavy atom. The Hall–Kier alpha value is -6.88. The molecule has 322 valence electrons. The summed E-state index contributed by atoms with van der Waals surface area (Å²) in [7, 11) is 0. The van der Waals surface area contributed by atoms with Crippen molar-refractivity contribution in [3.8, 4) is 11.1 Å². The molecule has 0 bridgehead atoms. The summed E-state index contributed by atoms with van der Waals surface area (Å²) in [5.41, 5.74) is 17.7. The van der Waals surface area contributed by atoms with Crippen molar-refractivity contribution in [2.24, 2.45) is 0 Å². The van der Waals surface area contributed by atoms with Crippen molar-refractivity contribution in [2.75, 3.05) is 4.90 Å². The molecule has 0 aliphatic heterocycles. The zero-order valence-corrected chi connectivity index (χ0v) is 40.1. The molecule has 0 amide bonds. The molecule has 0 N–H and O–H groups in total. The molecule has 0 spiro atoms. The standard InChI is InChI=1S/C62H53N3S/c1-60(2,3)37-28-44(36-24-26-42(27-25-36)63(40-18-12-10-13-19-40)41-20-14-11-15-21-41)55-49(31-37)50-32-38(61(4,5)6)29-47-45-35-53-46(34-52(45)64(55)56(47)50)48-30-39(62(7,8)9)33-51-57(48)65(53)58-43-22-16-17-23-54(43)66-59(51)58/h10-35H,1-9H3. The molecule has 0 saturated carbocycles. The van der Waals surface area contributed by atoms with Gasteiger partial charge in [-0.15, -0.1) is 11.3 Å². The lowest BCUT2D eigenvalue weighted by molar-refractivity contribution is 0.591. The zero-order valence-electron chi connectivity index (χ0n) is 39.3. The Bertz CT molecular complexity index is 4030. The molecule has 0 unspecified atom stereocenters. The normalized spacial score (nSPS) is 13.2. The lowest BCUT2D eigenvalue weighted by atomic mass is 9.83. The van der Waals surface area contributed by atoms with Crippen molar-refractivity contribution >= 4 is 114 Å². The number of para-hydroxylation sites is 2. The highest BCUT2D eigenvalue weighted by atomic mass is 32.1. The van der Waals surface area contributed by atoms with Crippen LogP contribution in [0.1, 0.15) is 79.0 Å². The first-order chi connectivity index (χ1) is 31.6. The highest BCUT2D eigenvalue weighted by Gasteiger charge is 2.29. The molecule has 4 heteroatoms. The predicted octanol–water partition coefficient (Wildman–Crippen LogP) is 18.2. The smallest absolute Gasteiger partial charge is 0.0728 e. The van der Waals surface area contributed by atoms with Gasteiger partial charge in [-0.2, -0.15) is 0 Å². The first-order valence-electron chi connectivity index (χ1n) is 23.5. The maximum Gasteiger partial charge on any atom is 0.0728 e. The second kappa shape index (κ2) is 13.4. The summed E-state index contributed by atoms with van der Waals surface area (Å²) in [5.74, 6) is 0. The van der Waals surface area contributed by atoms with Gasteiger partial charge >= 0.3 is 0 Å². The van der Waals surface area contributed by atoms with E-state index in [0.717, 1.165) is 17.1 Å². The molecule has 0 atom stereocenters. The van der Waals surface area contributed by atoms with Crippen LogP contribution in [-0.2, 0) is 16.2 Å². The summed E-state index contributed by atoms with van der Waals surface area (Å²) in [4.78, 5) is 2.35. The average molecular weight is 872 g/mol. The Morgan fingerprint density at radius 2 is 0.788 bits per heavy atom. The maximum atomic E-state index is 2.64. The molecule has 5 heterocycles. The fourth-order valence-electron chi connectivity index (χ4n) is 11.1. The Morgan fingerprint density at radius 3 is 1.33 bits per heavy atom. The first-order valence-corrected chi connectivity index (χ1v) is 24.3. The van der Waals surface area contributed by atoms with E-state index < -0.39 is 0 Å². The van der Waals surface area contributed by atoms with Crippen molar-refractivity contribution in [1.29, 1.82) is 0 Å². The highest BCUT2D eigenvalue weighted by Crippen LogP contribution is 2.51. The monoisotopic (exact) mass is 871 g/mol. The molecule has 3 nitrogen and oxygen atoms in total. The van der Waals surface area contributed by atoms with Crippen LogP contribution in [0.2, 0.25) is 0 Å². The molecular weight excluding hydrogens is 819 g/mol. The van der Waals surface area contributed by atoms with E-state index in [-0.39, 0.29) is 16.2 Å². The van der Waals surface area contributed by atoms with Gasteiger partial charge in [-0.1, -0.05) is 129 Å². The van der Waals surface area contributed by atoms with E-state index in [1.165, 1.54) is 113 Å². The van der Waals surface area contributed by atoms with Gasteiger partial charge in [0.2, 0.25) is 0 Å². The molecule has 13 aromatic rings. The van der Waals surface area contributed by atoms with Gasteiger partial charge in [0.25, 0.3) is 0 Å². The second-order valence-electron chi connectivity index (χ2n) is 21.9. The van der Waals surface area contributed by atoms with Crippen LogP contribution >= 0.6 is 11.3 Å². The van der Waals surface area contributed by atoms with E-state index in [1.807, 2.05) is 11.3 Å². The largest absolute Gasteiger partial charge is 0.311 e. The van der Waals surface area contributed by atoms with Gasteiger partial charge < -0.3 is 13.7 Å². The fourth-order valence-corrected chi connectivity index (χ4v) is 12.3. The van der Waals surface area contributed by atoms with Crippen LogP contribution in [0.15, 0.2) is 158 Å². The molecule has 0 radical (unpaired) electrons. The van der Waals surface area contributed by atoms with Crippen molar-refractivity contribution in [1.82, 2.24) is 8.80 Å². The summed E-state index contributed by atoms with van der Waals surface area (Å²) in [6.07, 6.45) is 0. The van der Waals surface area contributed by atoms with Crippen molar-refractivity contribution < 1.29 is 0 Å². The van der Waals surface area contributed by atoms with Gasteiger partial charge in [0.15, 0.2) is 0 Å². The third-order valence-electron chi connectivity index (χ3n) is 14.6. The number of hydrogen-bond donors (Lipinski definition) is 0. The maximum absolute atomic E-state index is 2.64. The number of rotatable bonds is 4. The van der Waals surface area contributed by atoms with Gasteiger partial charge in [0.05, 0.1) is 37.8 Å². The van der Waals surface area contributed by atoms with Crippen molar-refractivity contribution in [2.45, 2.75) is 78.6 Å². The van der Waals surface area contributed by atoms with E-state index in [1.54, 1.807) is 0 Å². The van der Waals surface area contributed by atoms with Crippen LogP contribution in [0, 0.1) is 0 Å². The van der Waals surface area contributed by atoms with E-state index in [4.69, 9.17) is 0 Å². The highest BCUT2D eigenvalue weighted by molar-refractivity contribution is 7.26. The lowest BCUT2D eigenvalue weighted by Crippen LogP contribution is -2.11. The Balaban J connectivity index is 1.16. The molecule has 0 aliphatic carbocycles. The third-order valence-corrected chi connectivity index (χ3v) is 15.8. The Kier molecular flexibility index (Phi) is 7.99. The molecule has 0 fully saturated rings. The topological polar surface area (TPSA) is 12.1 Å². The predicted molar refractivity (Wildman–Crippen MR) is 287 cm³/mol. The summed E-state index contributed by atoms with van der Waals surface area (Å²) >= 11 is 1.94. The van der Waals surface area contributed by atoms with E-state index >= 15 is 0 Å². The van der Waals surface area contributed by atoms with Crippen LogP contribution in [0.4, 0.5) is 17.1 Å². The number of nitrogens with zero attached hydrogens (tertiary/aromatic N) is 3. The van der Waals surface area contributed by atoms with Gasteiger partial charge in [-0.05, 0) is 129 Å².